The van der Waals surface area contributed by atoms with E-state index in [-0.39, 0.29) is 23.2 Å². The zero-order valence-corrected chi connectivity index (χ0v) is 22.2. The maximum absolute atomic E-state index is 13.4. The third kappa shape index (κ3) is 5.76. The lowest BCUT2D eigenvalue weighted by Crippen LogP contribution is -2.21. The molecule has 0 bridgehead atoms. The number of pyridine rings is 2. The molecule has 3 aromatic heterocycles. The van der Waals surface area contributed by atoms with E-state index in [4.69, 9.17) is 11.6 Å². The molecule has 0 saturated heterocycles. The summed E-state index contributed by atoms with van der Waals surface area (Å²) in [5, 5.41) is 9.14. The van der Waals surface area contributed by atoms with E-state index in [1.165, 1.54) is 0 Å². The Labute approximate surface area is 226 Å². The van der Waals surface area contributed by atoms with Crippen molar-refractivity contribution in [2.75, 3.05) is 0 Å². The average Bonchev–Trinajstić information content (AvgIpc) is 3.31. The molecule has 38 heavy (non-hydrogen) atoms. The van der Waals surface area contributed by atoms with Gasteiger partial charge >= 0.3 is 0 Å². The van der Waals surface area contributed by atoms with E-state index < -0.39 is 0 Å². The second kappa shape index (κ2) is 11.2. The third-order valence-electron chi connectivity index (χ3n) is 7.15. The predicted octanol–water partition coefficient (Wildman–Crippen LogP) is 6.11. The fourth-order valence-electron chi connectivity index (χ4n) is 4.72. The molecule has 5 aromatic rings. The van der Waals surface area contributed by atoms with Gasteiger partial charge in [0.2, 0.25) is 0 Å². The molecular weight excluding hydrogens is 496 g/mol. The van der Waals surface area contributed by atoms with Crippen LogP contribution in [-0.2, 0) is 19.4 Å². The summed E-state index contributed by atoms with van der Waals surface area (Å²) < 4.78 is 1.68. The van der Waals surface area contributed by atoms with E-state index in [1.807, 2.05) is 55.6 Å². The average molecular weight is 525 g/mol. The fraction of sp³-hybridized carbons (Fsp3) is 0.226. The Morgan fingerprint density at radius 2 is 1.76 bits per heavy atom. The minimum atomic E-state index is -0.190. The van der Waals surface area contributed by atoms with Crippen LogP contribution in [0.25, 0.3) is 10.9 Å². The summed E-state index contributed by atoms with van der Waals surface area (Å²) in [6.45, 7) is 4.59. The van der Waals surface area contributed by atoms with Gasteiger partial charge in [0.15, 0.2) is 5.78 Å². The van der Waals surface area contributed by atoms with Crippen LogP contribution < -0.4 is 5.56 Å². The topological polar surface area (TPSA) is 80.6 Å². The van der Waals surface area contributed by atoms with Crippen molar-refractivity contribution >= 4 is 28.3 Å². The maximum Gasteiger partial charge on any atom is 0.250 e. The number of H-pyrrole nitrogens is 1. The van der Waals surface area contributed by atoms with Gasteiger partial charge in [-0.1, -0.05) is 55.8 Å². The van der Waals surface area contributed by atoms with Crippen LogP contribution in [0.4, 0.5) is 0 Å². The Morgan fingerprint density at radius 1 is 0.974 bits per heavy atom. The summed E-state index contributed by atoms with van der Waals surface area (Å²) in [6, 6.07) is 20.9. The van der Waals surface area contributed by atoms with Crippen LogP contribution in [0.15, 0.2) is 90.1 Å². The van der Waals surface area contributed by atoms with Gasteiger partial charge in [-0.3, -0.25) is 19.7 Å². The highest BCUT2D eigenvalue weighted by Crippen LogP contribution is 2.26. The van der Waals surface area contributed by atoms with Crippen molar-refractivity contribution in [3.63, 3.8) is 0 Å². The van der Waals surface area contributed by atoms with Gasteiger partial charge in [0.05, 0.1) is 12.1 Å². The predicted molar refractivity (Wildman–Crippen MR) is 151 cm³/mol. The first-order chi connectivity index (χ1) is 18.4. The molecule has 0 amide bonds. The van der Waals surface area contributed by atoms with Gasteiger partial charge in [-0.25, -0.2) is 0 Å². The molecule has 5 rings (SSSR count). The van der Waals surface area contributed by atoms with Crippen molar-refractivity contribution in [2.45, 2.75) is 33.2 Å². The molecule has 1 N–H and O–H groups in total. The zero-order valence-electron chi connectivity index (χ0n) is 21.4. The van der Waals surface area contributed by atoms with Gasteiger partial charge in [-0.2, -0.15) is 5.10 Å². The summed E-state index contributed by atoms with van der Waals surface area (Å²) >= 11 is 6.18. The Bertz CT molecular complexity index is 1640. The number of Topliss-reactive ketones (excluding diaryl/α,β-unsaturated/α-hetero) is 1. The number of carbonyl (C=O) groups is 1. The van der Waals surface area contributed by atoms with E-state index in [2.05, 4.69) is 34.2 Å². The lowest BCUT2D eigenvalue weighted by atomic mass is 9.85. The number of fused-ring (bicyclic) bond motifs is 1. The molecule has 0 spiro atoms. The molecule has 2 aromatic carbocycles. The summed E-state index contributed by atoms with van der Waals surface area (Å²) in [5.74, 6) is -0.0129. The molecule has 0 saturated carbocycles. The molecule has 6 nitrogen and oxygen atoms in total. The van der Waals surface area contributed by atoms with Crippen LogP contribution in [0, 0.1) is 11.8 Å². The fourth-order valence-corrected chi connectivity index (χ4v) is 4.89. The Balaban J connectivity index is 1.24. The summed E-state index contributed by atoms with van der Waals surface area (Å²) in [7, 11) is 0. The largest absolute Gasteiger partial charge is 0.311 e. The van der Waals surface area contributed by atoms with Gasteiger partial charge in [0.1, 0.15) is 0 Å². The number of ketones is 1. The van der Waals surface area contributed by atoms with Crippen LogP contribution in [0.1, 0.15) is 46.6 Å². The van der Waals surface area contributed by atoms with Crippen LogP contribution in [0.3, 0.4) is 0 Å². The number of hydrogen-bond donors (Lipinski definition) is 1. The number of rotatable bonds is 9. The molecular formula is C31H29ClN4O2. The number of hydrogen-bond acceptors (Lipinski definition) is 4. The van der Waals surface area contributed by atoms with Crippen LogP contribution >= 0.6 is 11.6 Å². The van der Waals surface area contributed by atoms with E-state index in [9.17, 15) is 9.59 Å². The number of nitrogens with zero attached hydrogens (tertiary/aromatic N) is 3. The van der Waals surface area contributed by atoms with Crippen molar-refractivity contribution in [1.82, 2.24) is 19.7 Å². The second-order valence-electron chi connectivity index (χ2n) is 9.94. The van der Waals surface area contributed by atoms with Crippen molar-refractivity contribution in [3.05, 3.63) is 129 Å². The summed E-state index contributed by atoms with van der Waals surface area (Å²) in [5.41, 5.74) is 5.62. The highest BCUT2D eigenvalue weighted by Gasteiger charge is 2.23. The molecule has 7 heteroatoms. The number of aromatic amines is 1. The van der Waals surface area contributed by atoms with Crippen molar-refractivity contribution in [3.8, 4) is 0 Å². The van der Waals surface area contributed by atoms with Crippen molar-refractivity contribution in [1.29, 1.82) is 0 Å². The van der Waals surface area contributed by atoms with Gasteiger partial charge in [-0.15, -0.1) is 0 Å². The first-order valence-corrected chi connectivity index (χ1v) is 13.1. The molecule has 3 heterocycles. The zero-order chi connectivity index (χ0) is 26.6. The number of halogens is 1. The quantitative estimate of drug-likeness (QED) is 0.236. The highest BCUT2D eigenvalue weighted by atomic mass is 35.5. The minimum absolute atomic E-state index is 0.0185. The van der Waals surface area contributed by atoms with E-state index in [0.29, 0.717) is 30.0 Å². The molecule has 192 valence electrons. The van der Waals surface area contributed by atoms with Crippen LogP contribution in [-0.4, -0.2) is 25.5 Å². The summed E-state index contributed by atoms with van der Waals surface area (Å²) in [4.78, 5) is 29.7. The first-order valence-electron chi connectivity index (χ1n) is 12.7. The molecule has 2 unspecified atom stereocenters. The Hall–Kier alpha value is -4.03. The smallest absolute Gasteiger partial charge is 0.250 e. The molecule has 0 aliphatic rings. The number of carbonyl (C=O) groups excluding carboxylic acids is 1. The number of benzene rings is 2. The number of nitrogens with one attached hydrogen (secondary N) is 1. The van der Waals surface area contributed by atoms with E-state index in [0.717, 1.165) is 33.3 Å². The standard InChI is InChI=1S/C31H29ClN4O2/c1-20(13-29-27-16-26(32)10-11-28(27)34-35-29)21(2)31(38)25-15-24(17-33-18-25)14-22-6-8-23(9-7-22)19-36-12-4-3-5-30(36)37/h3-12,15-18,20-21H,13-14,19H2,1-2H3,(H,34,35). The molecule has 0 aliphatic heterocycles. The minimum Gasteiger partial charge on any atom is -0.311 e. The summed E-state index contributed by atoms with van der Waals surface area (Å²) in [6.07, 6.45) is 6.62. The molecule has 2 atom stereocenters. The second-order valence-corrected chi connectivity index (χ2v) is 10.4. The van der Waals surface area contributed by atoms with Gasteiger partial charge in [0, 0.05) is 52.2 Å². The van der Waals surface area contributed by atoms with E-state index in [1.54, 1.807) is 29.1 Å². The van der Waals surface area contributed by atoms with Crippen molar-refractivity contribution < 1.29 is 4.79 Å². The molecule has 0 fully saturated rings. The first kappa shape index (κ1) is 25.6. The third-order valence-corrected chi connectivity index (χ3v) is 7.39. The van der Waals surface area contributed by atoms with E-state index >= 15 is 0 Å². The van der Waals surface area contributed by atoms with Gasteiger partial charge in [-0.05, 0) is 65.8 Å². The SMILES string of the molecule is CC(Cc1[nH]nc2ccc(Cl)cc12)C(C)C(=O)c1cncc(Cc2ccc(Cn3ccccc3=O)cc2)c1. The monoisotopic (exact) mass is 524 g/mol. The normalized spacial score (nSPS) is 12.9. The maximum atomic E-state index is 13.4. The lowest BCUT2D eigenvalue weighted by Gasteiger charge is -2.18. The molecule has 0 radical (unpaired) electrons. The number of aromatic nitrogens is 4. The highest BCUT2D eigenvalue weighted by molar-refractivity contribution is 6.31. The van der Waals surface area contributed by atoms with Gasteiger partial charge < -0.3 is 4.57 Å². The lowest BCUT2D eigenvalue weighted by molar-refractivity contribution is 0.0892. The van der Waals surface area contributed by atoms with Crippen molar-refractivity contribution in [2.24, 2.45) is 11.8 Å². The Morgan fingerprint density at radius 3 is 2.55 bits per heavy atom. The Kier molecular flexibility index (Phi) is 7.52. The van der Waals surface area contributed by atoms with Crippen LogP contribution in [0.2, 0.25) is 5.02 Å². The van der Waals surface area contributed by atoms with Crippen LogP contribution in [0.5, 0.6) is 0 Å². The van der Waals surface area contributed by atoms with Gasteiger partial charge in [0.25, 0.3) is 5.56 Å². The molecule has 0 aliphatic carbocycles.